The van der Waals surface area contributed by atoms with Crippen molar-refractivity contribution in [2.45, 2.75) is 32.7 Å². The molecule has 0 amide bonds. The van der Waals surface area contributed by atoms with E-state index >= 15 is 0 Å². The number of azide groups is 1. The third-order valence-electron chi connectivity index (χ3n) is 3.03. The molecule has 0 fully saturated rings. The Labute approximate surface area is 103 Å². The maximum absolute atomic E-state index is 8.33. The third kappa shape index (κ3) is 4.89. The molecule has 1 unspecified atom stereocenters. The van der Waals surface area contributed by atoms with Gasteiger partial charge in [0.25, 0.3) is 0 Å². The molecule has 4 nitrogen and oxygen atoms in total. The van der Waals surface area contributed by atoms with Crippen LogP contribution in [0, 0.1) is 0 Å². The van der Waals surface area contributed by atoms with Crippen LogP contribution >= 0.6 is 0 Å². The van der Waals surface area contributed by atoms with E-state index in [1.165, 1.54) is 5.56 Å². The van der Waals surface area contributed by atoms with Crippen LogP contribution in [0.25, 0.3) is 10.4 Å². The summed E-state index contributed by atoms with van der Waals surface area (Å²) < 4.78 is 0. The van der Waals surface area contributed by atoms with Crippen LogP contribution in [0.5, 0.6) is 0 Å². The summed E-state index contributed by atoms with van der Waals surface area (Å²) in [6, 6.07) is 10.9. The summed E-state index contributed by atoms with van der Waals surface area (Å²) in [6.45, 7) is 5.64. The summed E-state index contributed by atoms with van der Waals surface area (Å²) in [5.41, 5.74) is 9.69. The molecule has 0 saturated heterocycles. The number of hydrogen-bond acceptors (Lipinski definition) is 2. The lowest BCUT2D eigenvalue weighted by Crippen LogP contribution is -2.33. The van der Waals surface area contributed by atoms with Crippen LogP contribution in [0.2, 0.25) is 0 Å². The van der Waals surface area contributed by atoms with Crippen molar-refractivity contribution >= 4 is 0 Å². The molecule has 0 N–H and O–H groups in total. The molecule has 0 saturated carbocycles. The Balaban J connectivity index is 2.42. The first-order valence-corrected chi connectivity index (χ1v) is 6.06. The highest BCUT2D eigenvalue weighted by Crippen LogP contribution is 2.09. The Hall–Kier alpha value is -1.51. The minimum absolute atomic E-state index is 0.436. The highest BCUT2D eigenvalue weighted by atomic mass is 15.3. The van der Waals surface area contributed by atoms with Crippen molar-refractivity contribution in [3.8, 4) is 0 Å². The SMILES string of the molecule is CCN(CN=[N+]=[N-])C(C)CCc1ccccc1. The van der Waals surface area contributed by atoms with E-state index in [0.29, 0.717) is 12.7 Å². The zero-order valence-corrected chi connectivity index (χ0v) is 10.6. The van der Waals surface area contributed by atoms with Crippen molar-refractivity contribution in [3.63, 3.8) is 0 Å². The second-order valence-corrected chi connectivity index (χ2v) is 4.15. The van der Waals surface area contributed by atoms with Gasteiger partial charge in [-0.05, 0) is 37.4 Å². The first kappa shape index (κ1) is 13.6. The van der Waals surface area contributed by atoms with Gasteiger partial charge >= 0.3 is 0 Å². The minimum Gasteiger partial charge on any atom is -0.295 e. The van der Waals surface area contributed by atoms with Crippen molar-refractivity contribution in [2.24, 2.45) is 5.11 Å². The van der Waals surface area contributed by atoms with Gasteiger partial charge < -0.3 is 0 Å². The quantitative estimate of drug-likeness (QED) is 0.402. The van der Waals surface area contributed by atoms with Crippen LogP contribution < -0.4 is 0 Å². The fourth-order valence-corrected chi connectivity index (χ4v) is 1.86. The molecular weight excluding hydrogens is 212 g/mol. The number of aryl methyl sites for hydroxylation is 1. The predicted octanol–water partition coefficient (Wildman–Crippen LogP) is 3.60. The smallest absolute Gasteiger partial charge is 0.0776 e. The predicted molar refractivity (Wildman–Crippen MR) is 70.6 cm³/mol. The van der Waals surface area contributed by atoms with Crippen LogP contribution in [-0.4, -0.2) is 24.2 Å². The van der Waals surface area contributed by atoms with E-state index in [0.717, 1.165) is 19.4 Å². The van der Waals surface area contributed by atoms with Gasteiger partial charge in [-0.1, -0.05) is 42.4 Å². The largest absolute Gasteiger partial charge is 0.295 e. The molecule has 4 heteroatoms. The summed E-state index contributed by atoms with van der Waals surface area (Å²) in [4.78, 5) is 4.99. The normalized spacial score (nSPS) is 12.2. The topological polar surface area (TPSA) is 52.0 Å². The van der Waals surface area contributed by atoms with Crippen molar-refractivity contribution in [1.82, 2.24) is 4.90 Å². The minimum atomic E-state index is 0.436. The fourth-order valence-electron chi connectivity index (χ4n) is 1.86. The van der Waals surface area contributed by atoms with Gasteiger partial charge in [-0.2, -0.15) is 0 Å². The van der Waals surface area contributed by atoms with Gasteiger partial charge in [0.15, 0.2) is 0 Å². The molecule has 0 aliphatic rings. The number of nitrogens with zero attached hydrogens (tertiary/aromatic N) is 4. The molecule has 92 valence electrons. The Morgan fingerprint density at radius 3 is 2.65 bits per heavy atom. The molecule has 1 aromatic rings. The van der Waals surface area contributed by atoms with Gasteiger partial charge in [-0.3, -0.25) is 4.90 Å². The molecule has 17 heavy (non-hydrogen) atoms. The van der Waals surface area contributed by atoms with Crippen molar-refractivity contribution in [2.75, 3.05) is 13.2 Å². The van der Waals surface area contributed by atoms with Gasteiger partial charge in [0.1, 0.15) is 0 Å². The van der Waals surface area contributed by atoms with Gasteiger partial charge in [0.05, 0.1) is 6.67 Å². The van der Waals surface area contributed by atoms with E-state index in [2.05, 4.69) is 53.0 Å². The first-order chi connectivity index (χ1) is 8.27. The van der Waals surface area contributed by atoms with Crippen molar-refractivity contribution in [1.29, 1.82) is 0 Å². The summed E-state index contributed by atoms with van der Waals surface area (Å²) in [7, 11) is 0. The molecular formula is C13H20N4. The van der Waals surface area contributed by atoms with Gasteiger partial charge in [-0.15, -0.1) is 0 Å². The number of rotatable bonds is 7. The highest BCUT2D eigenvalue weighted by Gasteiger charge is 2.10. The monoisotopic (exact) mass is 232 g/mol. The van der Waals surface area contributed by atoms with Crippen molar-refractivity contribution < 1.29 is 0 Å². The van der Waals surface area contributed by atoms with E-state index in [-0.39, 0.29) is 0 Å². The Bertz CT molecular complexity index is 357. The third-order valence-corrected chi connectivity index (χ3v) is 3.03. The molecule has 1 rings (SSSR count). The lowest BCUT2D eigenvalue weighted by Gasteiger charge is -2.25. The zero-order valence-electron chi connectivity index (χ0n) is 10.6. The Kier molecular flexibility index (Phi) is 6.15. The summed E-state index contributed by atoms with van der Waals surface area (Å²) in [5, 5.41) is 3.63. The zero-order chi connectivity index (χ0) is 12.5. The van der Waals surface area contributed by atoms with E-state index in [4.69, 9.17) is 5.53 Å². The number of hydrogen-bond donors (Lipinski definition) is 0. The van der Waals surface area contributed by atoms with Crippen LogP contribution in [-0.2, 0) is 6.42 Å². The summed E-state index contributed by atoms with van der Waals surface area (Å²) >= 11 is 0. The lowest BCUT2D eigenvalue weighted by atomic mass is 10.1. The van der Waals surface area contributed by atoms with Gasteiger partial charge in [0.2, 0.25) is 0 Å². The molecule has 1 aromatic carbocycles. The molecule has 0 aliphatic carbocycles. The average Bonchev–Trinajstić information content (AvgIpc) is 2.38. The Morgan fingerprint density at radius 2 is 2.06 bits per heavy atom. The second-order valence-electron chi connectivity index (χ2n) is 4.15. The lowest BCUT2D eigenvalue weighted by molar-refractivity contribution is 0.216. The molecule has 0 aromatic heterocycles. The first-order valence-electron chi connectivity index (χ1n) is 6.06. The van der Waals surface area contributed by atoms with Crippen LogP contribution in [0.3, 0.4) is 0 Å². The molecule has 0 spiro atoms. The summed E-state index contributed by atoms with van der Waals surface area (Å²) in [6.07, 6.45) is 2.15. The van der Waals surface area contributed by atoms with Gasteiger partial charge in [-0.25, -0.2) is 0 Å². The van der Waals surface area contributed by atoms with E-state index in [9.17, 15) is 0 Å². The fraction of sp³-hybridized carbons (Fsp3) is 0.538. The van der Waals surface area contributed by atoms with Crippen LogP contribution in [0.15, 0.2) is 35.4 Å². The van der Waals surface area contributed by atoms with E-state index < -0.39 is 0 Å². The summed E-state index contributed by atoms with van der Waals surface area (Å²) in [5.74, 6) is 0. The highest BCUT2D eigenvalue weighted by molar-refractivity contribution is 5.14. The van der Waals surface area contributed by atoms with E-state index in [1.54, 1.807) is 0 Å². The molecule has 0 aliphatic heterocycles. The van der Waals surface area contributed by atoms with Gasteiger partial charge in [0, 0.05) is 11.0 Å². The Morgan fingerprint density at radius 1 is 1.35 bits per heavy atom. The van der Waals surface area contributed by atoms with E-state index in [1.807, 2.05) is 6.07 Å². The second kappa shape index (κ2) is 7.71. The average molecular weight is 232 g/mol. The molecule has 1 atom stereocenters. The van der Waals surface area contributed by atoms with Crippen LogP contribution in [0.1, 0.15) is 25.8 Å². The molecule has 0 heterocycles. The number of benzene rings is 1. The molecule has 0 bridgehead atoms. The van der Waals surface area contributed by atoms with Crippen molar-refractivity contribution in [3.05, 3.63) is 46.3 Å². The maximum Gasteiger partial charge on any atom is 0.0776 e. The maximum atomic E-state index is 8.33. The van der Waals surface area contributed by atoms with Crippen LogP contribution in [0.4, 0.5) is 0 Å². The standard InChI is InChI=1S/C13H20N4/c1-3-17(11-15-16-14)12(2)9-10-13-7-5-4-6-8-13/h4-8,12H,3,9-11H2,1-2H3. The molecule has 0 radical (unpaired) electrons.